The van der Waals surface area contributed by atoms with E-state index in [9.17, 15) is 8.42 Å². The summed E-state index contributed by atoms with van der Waals surface area (Å²) in [6.07, 6.45) is 1.64. The van der Waals surface area contributed by atoms with Crippen LogP contribution in [-0.4, -0.2) is 40.6 Å². The molecule has 0 spiro atoms. The first-order chi connectivity index (χ1) is 12.4. The smallest absolute Gasteiger partial charge is 0.243 e. The summed E-state index contributed by atoms with van der Waals surface area (Å²) in [7, 11) is -3.59. The summed E-state index contributed by atoms with van der Waals surface area (Å²) in [5, 5.41) is 8.38. The Morgan fingerprint density at radius 1 is 1.31 bits per heavy atom. The molecule has 140 valence electrons. The Balaban J connectivity index is 1.69. The molecule has 1 aromatic carbocycles. The van der Waals surface area contributed by atoms with Gasteiger partial charge in [-0.05, 0) is 43.0 Å². The molecule has 4 rings (SSSR count). The molecule has 8 heteroatoms. The van der Waals surface area contributed by atoms with E-state index < -0.39 is 10.0 Å². The summed E-state index contributed by atoms with van der Waals surface area (Å²) in [6.45, 7) is 7.53. The first-order valence-corrected chi connectivity index (χ1v) is 10.5. The van der Waals surface area contributed by atoms with Crippen molar-refractivity contribution in [3.05, 3.63) is 35.4 Å². The van der Waals surface area contributed by atoms with Crippen molar-refractivity contribution in [1.82, 2.24) is 19.1 Å². The fourth-order valence-corrected chi connectivity index (χ4v) is 5.40. The Kier molecular flexibility index (Phi) is 4.27. The van der Waals surface area contributed by atoms with Gasteiger partial charge in [-0.15, -0.1) is 10.2 Å². The van der Waals surface area contributed by atoms with Crippen LogP contribution in [0.1, 0.15) is 43.5 Å². The summed E-state index contributed by atoms with van der Waals surface area (Å²) < 4.78 is 35.7. The molecule has 2 aliphatic rings. The van der Waals surface area contributed by atoms with E-state index in [0.717, 1.165) is 30.0 Å². The molecule has 26 heavy (non-hydrogen) atoms. The number of aryl methyl sites for hydroxylation is 1. The number of sulfonamides is 1. The third-order valence-corrected chi connectivity index (χ3v) is 6.88. The summed E-state index contributed by atoms with van der Waals surface area (Å²) >= 11 is 0. The van der Waals surface area contributed by atoms with E-state index in [1.165, 1.54) is 0 Å². The summed E-state index contributed by atoms with van der Waals surface area (Å²) in [6, 6.07) is 5.21. The van der Waals surface area contributed by atoms with Crippen molar-refractivity contribution in [2.24, 2.45) is 5.92 Å². The van der Waals surface area contributed by atoms with Gasteiger partial charge >= 0.3 is 0 Å². The topological polar surface area (TPSA) is 77.3 Å². The average molecular weight is 376 g/mol. The molecular formula is C18H24N4O3S. The van der Waals surface area contributed by atoms with E-state index in [1.807, 2.05) is 6.92 Å². The highest BCUT2D eigenvalue weighted by Gasteiger charge is 2.35. The second-order valence-electron chi connectivity index (χ2n) is 7.48. The van der Waals surface area contributed by atoms with Crippen LogP contribution in [0, 0.1) is 12.8 Å². The van der Waals surface area contributed by atoms with Crippen molar-refractivity contribution < 1.29 is 13.2 Å². The molecule has 0 bridgehead atoms. The van der Waals surface area contributed by atoms with Crippen molar-refractivity contribution in [1.29, 1.82) is 0 Å². The normalized spacial score (nSPS) is 20.1. The van der Waals surface area contributed by atoms with Gasteiger partial charge in [0.15, 0.2) is 0 Å². The Labute approximate surface area is 154 Å². The highest BCUT2D eigenvalue weighted by molar-refractivity contribution is 7.89. The second-order valence-corrected chi connectivity index (χ2v) is 9.42. The molecule has 3 heterocycles. The van der Waals surface area contributed by atoms with E-state index in [4.69, 9.17) is 4.74 Å². The molecule has 7 nitrogen and oxygen atoms in total. The average Bonchev–Trinajstić information content (AvgIpc) is 3.20. The Morgan fingerprint density at radius 3 is 2.88 bits per heavy atom. The largest absolute Gasteiger partial charge is 0.493 e. The van der Waals surface area contributed by atoms with E-state index in [2.05, 4.69) is 28.6 Å². The van der Waals surface area contributed by atoms with Crippen molar-refractivity contribution in [3.8, 4) is 5.75 Å². The van der Waals surface area contributed by atoms with Crippen molar-refractivity contribution in [2.45, 2.75) is 51.1 Å². The van der Waals surface area contributed by atoms with Crippen LogP contribution in [0.15, 0.2) is 23.1 Å². The third-order valence-electron chi connectivity index (χ3n) is 5.08. The molecule has 1 aromatic heterocycles. The molecule has 0 radical (unpaired) electrons. The number of hydrogen-bond donors (Lipinski definition) is 0. The molecule has 0 saturated heterocycles. The molecular weight excluding hydrogens is 352 g/mol. The Morgan fingerprint density at radius 2 is 2.12 bits per heavy atom. The van der Waals surface area contributed by atoms with E-state index in [1.54, 1.807) is 22.5 Å². The Bertz CT molecular complexity index is 936. The fraction of sp³-hybridized carbons (Fsp3) is 0.556. The van der Waals surface area contributed by atoms with Crippen molar-refractivity contribution in [3.63, 3.8) is 0 Å². The highest BCUT2D eigenvalue weighted by Crippen LogP contribution is 2.33. The maximum absolute atomic E-state index is 13.3. The number of benzene rings is 1. The van der Waals surface area contributed by atoms with Gasteiger partial charge in [-0.25, -0.2) is 8.42 Å². The van der Waals surface area contributed by atoms with Crippen molar-refractivity contribution in [2.75, 3.05) is 13.2 Å². The first-order valence-electron chi connectivity index (χ1n) is 9.02. The van der Waals surface area contributed by atoms with Gasteiger partial charge in [0, 0.05) is 13.0 Å². The van der Waals surface area contributed by atoms with Crippen LogP contribution in [0.5, 0.6) is 5.75 Å². The standard InChI is InChI=1S/C18H24N4O3S/c1-12(2)8-15-10-21(11-18-20-19-13(3)22(15)18)26(23,24)16-4-5-17-14(9-16)6-7-25-17/h4-5,9,12,15H,6-8,10-11H2,1-3H3/t15-/m0/s1. The number of nitrogens with zero attached hydrogens (tertiary/aromatic N) is 4. The molecule has 0 N–H and O–H groups in total. The van der Waals surface area contributed by atoms with Gasteiger partial charge < -0.3 is 9.30 Å². The minimum absolute atomic E-state index is 0.0567. The summed E-state index contributed by atoms with van der Waals surface area (Å²) in [5.74, 6) is 2.80. The van der Waals surface area contributed by atoms with Crippen LogP contribution in [0.4, 0.5) is 0 Å². The lowest BCUT2D eigenvalue weighted by atomic mass is 10.0. The first kappa shape index (κ1) is 17.5. The maximum Gasteiger partial charge on any atom is 0.243 e. The Hall–Kier alpha value is -1.93. The molecule has 2 aliphatic heterocycles. The monoisotopic (exact) mass is 376 g/mol. The van der Waals surface area contributed by atoms with Crippen LogP contribution < -0.4 is 4.74 Å². The highest BCUT2D eigenvalue weighted by atomic mass is 32.2. The number of ether oxygens (including phenoxy) is 1. The van der Waals surface area contributed by atoms with Gasteiger partial charge in [0.2, 0.25) is 10.0 Å². The van der Waals surface area contributed by atoms with Gasteiger partial charge in [-0.2, -0.15) is 4.31 Å². The lowest BCUT2D eigenvalue weighted by molar-refractivity contribution is 0.249. The molecule has 0 aliphatic carbocycles. The SMILES string of the molecule is Cc1nnc2n1[C@@H](CC(C)C)CN(S(=O)(=O)c1ccc3c(c1)CCO3)C2. The predicted octanol–water partition coefficient (Wildman–Crippen LogP) is 2.31. The summed E-state index contributed by atoms with van der Waals surface area (Å²) in [4.78, 5) is 0.328. The van der Waals surface area contributed by atoms with Crippen LogP contribution in [0.2, 0.25) is 0 Å². The zero-order chi connectivity index (χ0) is 18.5. The third kappa shape index (κ3) is 2.91. The summed E-state index contributed by atoms with van der Waals surface area (Å²) in [5.41, 5.74) is 0.959. The second kappa shape index (κ2) is 6.35. The number of aromatic nitrogens is 3. The fourth-order valence-electron chi connectivity index (χ4n) is 3.91. The van der Waals surface area contributed by atoms with Crippen LogP contribution in [-0.2, 0) is 23.0 Å². The number of rotatable bonds is 4. The van der Waals surface area contributed by atoms with Crippen LogP contribution >= 0.6 is 0 Å². The lowest BCUT2D eigenvalue weighted by Gasteiger charge is -2.34. The van der Waals surface area contributed by atoms with Gasteiger partial charge in [-0.1, -0.05) is 13.8 Å². The number of fused-ring (bicyclic) bond motifs is 2. The minimum atomic E-state index is -3.59. The zero-order valence-corrected chi connectivity index (χ0v) is 16.2. The maximum atomic E-state index is 13.3. The minimum Gasteiger partial charge on any atom is -0.493 e. The lowest BCUT2D eigenvalue weighted by Crippen LogP contribution is -2.41. The zero-order valence-electron chi connectivity index (χ0n) is 15.3. The van der Waals surface area contributed by atoms with Crippen LogP contribution in [0.25, 0.3) is 0 Å². The molecule has 0 fully saturated rings. The molecule has 0 amide bonds. The van der Waals surface area contributed by atoms with Crippen LogP contribution in [0.3, 0.4) is 0 Å². The van der Waals surface area contributed by atoms with Gasteiger partial charge in [0.05, 0.1) is 24.1 Å². The van der Waals surface area contributed by atoms with E-state index in [-0.39, 0.29) is 12.6 Å². The van der Waals surface area contributed by atoms with Crippen molar-refractivity contribution >= 4 is 10.0 Å². The molecule has 1 atom stereocenters. The predicted molar refractivity (Wildman–Crippen MR) is 96.5 cm³/mol. The quantitative estimate of drug-likeness (QED) is 0.818. The van der Waals surface area contributed by atoms with Gasteiger partial charge in [0.25, 0.3) is 0 Å². The van der Waals surface area contributed by atoms with Gasteiger partial charge in [0.1, 0.15) is 17.4 Å². The van der Waals surface area contributed by atoms with E-state index in [0.29, 0.717) is 29.8 Å². The van der Waals surface area contributed by atoms with Gasteiger partial charge in [-0.3, -0.25) is 0 Å². The number of hydrogen-bond acceptors (Lipinski definition) is 5. The molecule has 0 saturated carbocycles. The van der Waals surface area contributed by atoms with E-state index >= 15 is 0 Å². The molecule has 2 aromatic rings. The molecule has 0 unspecified atom stereocenters.